The van der Waals surface area contributed by atoms with E-state index in [4.69, 9.17) is 19.6 Å². The molecule has 0 atom stereocenters. The van der Waals surface area contributed by atoms with Crippen LogP contribution in [0.25, 0.3) is 22.1 Å². The van der Waals surface area contributed by atoms with Gasteiger partial charge in [0.15, 0.2) is 0 Å². The number of fused-ring (bicyclic) bond motifs is 1. The molecule has 0 radical (unpaired) electrons. The van der Waals surface area contributed by atoms with Gasteiger partial charge in [0.1, 0.15) is 17.9 Å². The second kappa shape index (κ2) is 15.1. The summed E-state index contributed by atoms with van der Waals surface area (Å²) in [5.74, 6) is 1.28. The van der Waals surface area contributed by atoms with Crippen molar-refractivity contribution in [3.8, 4) is 16.9 Å². The molecule has 5 nitrogen and oxygen atoms in total. The molecular formula is C34H43NO4. The fraction of sp³-hybridized carbons (Fsp3) is 0.382. The normalized spacial score (nSPS) is 12.2. The number of carbonyl (C=O) groups is 1. The molecule has 1 aliphatic carbocycles. The predicted molar refractivity (Wildman–Crippen MR) is 160 cm³/mol. The summed E-state index contributed by atoms with van der Waals surface area (Å²) >= 11 is 0. The fourth-order valence-corrected chi connectivity index (χ4v) is 4.50. The van der Waals surface area contributed by atoms with Crippen molar-refractivity contribution in [1.82, 2.24) is 0 Å². The average Bonchev–Trinajstić information content (AvgIpc) is 3.67. The number of furan rings is 1. The summed E-state index contributed by atoms with van der Waals surface area (Å²) in [5.41, 5.74) is 13.0. The maximum atomic E-state index is 12.2. The number of carbonyl (C=O) groups excluding carboxylic acids is 1. The molecular weight excluding hydrogens is 486 g/mol. The standard InChI is InChI=1S/C30H31NO4.2C2H6/c1-2-33-29(32)17-25-9-8-21(12-20-6-7-20)16-28(25)35-19-23-14-26-10-11-34-30(26)27(15-23)24-5-3-4-22(13-24)18-31;2*1-2/h3-5,8-11,13-16,20H,2,6-7,12,17-19,31H2,1H3;2*1-2H3. The van der Waals surface area contributed by atoms with Crippen LogP contribution in [0.2, 0.25) is 0 Å². The molecule has 1 fully saturated rings. The van der Waals surface area contributed by atoms with E-state index in [0.717, 1.165) is 56.9 Å². The number of esters is 1. The topological polar surface area (TPSA) is 74.7 Å². The number of nitrogens with two attached hydrogens (primary N) is 1. The number of ether oxygens (including phenoxy) is 2. The van der Waals surface area contributed by atoms with Crippen molar-refractivity contribution in [2.45, 2.75) is 73.5 Å². The minimum Gasteiger partial charge on any atom is -0.489 e. The fourth-order valence-electron chi connectivity index (χ4n) is 4.50. The molecule has 2 N–H and O–H groups in total. The molecule has 1 saturated carbocycles. The minimum absolute atomic E-state index is 0.199. The molecule has 0 aliphatic heterocycles. The lowest BCUT2D eigenvalue weighted by molar-refractivity contribution is -0.142. The lowest BCUT2D eigenvalue weighted by Crippen LogP contribution is -2.09. The molecule has 1 aliphatic rings. The number of hydrogen-bond acceptors (Lipinski definition) is 5. The molecule has 0 saturated heterocycles. The monoisotopic (exact) mass is 529 g/mol. The predicted octanol–water partition coefficient (Wildman–Crippen LogP) is 8.25. The third-order valence-corrected chi connectivity index (χ3v) is 6.47. The van der Waals surface area contributed by atoms with Crippen LogP contribution in [0.4, 0.5) is 0 Å². The van der Waals surface area contributed by atoms with Crippen LogP contribution in [0.3, 0.4) is 0 Å². The van der Waals surface area contributed by atoms with Crippen molar-refractivity contribution in [3.63, 3.8) is 0 Å². The molecule has 5 rings (SSSR count). The maximum absolute atomic E-state index is 12.2. The Morgan fingerprint density at radius 2 is 1.74 bits per heavy atom. The summed E-state index contributed by atoms with van der Waals surface area (Å²) in [5, 5.41) is 1.02. The Hall–Kier alpha value is -3.57. The second-order valence-corrected chi connectivity index (χ2v) is 9.25. The van der Waals surface area contributed by atoms with Gasteiger partial charge >= 0.3 is 5.97 Å². The minimum atomic E-state index is -0.241. The molecule has 1 heterocycles. The molecule has 0 bridgehead atoms. The molecule has 0 unspecified atom stereocenters. The SMILES string of the molecule is CC.CC.CCOC(=O)Cc1ccc(CC2CC2)cc1OCc1cc(-c2cccc(CN)c2)c2occc2c1. The van der Waals surface area contributed by atoms with E-state index in [1.54, 1.807) is 6.26 Å². The van der Waals surface area contributed by atoms with E-state index in [1.807, 2.05) is 58.9 Å². The highest BCUT2D eigenvalue weighted by atomic mass is 16.5. The first kappa shape index (κ1) is 30.0. The third kappa shape index (κ3) is 8.21. The zero-order chi connectivity index (χ0) is 28.2. The quantitative estimate of drug-likeness (QED) is 0.209. The molecule has 3 aromatic carbocycles. The van der Waals surface area contributed by atoms with E-state index in [-0.39, 0.29) is 12.4 Å². The van der Waals surface area contributed by atoms with Gasteiger partial charge < -0.3 is 19.6 Å². The van der Waals surface area contributed by atoms with Crippen LogP contribution in [-0.4, -0.2) is 12.6 Å². The summed E-state index contributed by atoms with van der Waals surface area (Å²) in [6.45, 7) is 11.1. The van der Waals surface area contributed by atoms with Crippen LogP contribution in [0.1, 0.15) is 69.7 Å². The highest BCUT2D eigenvalue weighted by Gasteiger charge is 2.22. The largest absolute Gasteiger partial charge is 0.489 e. The summed E-state index contributed by atoms with van der Waals surface area (Å²) in [6, 6.07) is 20.6. The van der Waals surface area contributed by atoms with Crippen molar-refractivity contribution >= 4 is 16.9 Å². The van der Waals surface area contributed by atoms with Crippen LogP contribution in [0, 0.1) is 5.92 Å². The van der Waals surface area contributed by atoms with Crippen LogP contribution in [0.15, 0.2) is 71.3 Å². The lowest BCUT2D eigenvalue weighted by Gasteiger charge is -2.14. The first-order valence-electron chi connectivity index (χ1n) is 14.3. The second-order valence-electron chi connectivity index (χ2n) is 9.25. The van der Waals surface area contributed by atoms with Gasteiger partial charge in [-0.2, -0.15) is 0 Å². The zero-order valence-electron chi connectivity index (χ0n) is 24.1. The van der Waals surface area contributed by atoms with E-state index in [9.17, 15) is 4.79 Å². The van der Waals surface area contributed by atoms with Gasteiger partial charge in [0.2, 0.25) is 0 Å². The van der Waals surface area contributed by atoms with E-state index < -0.39 is 0 Å². The van der Waals surface area contributed by atoms with Gasteiger partial charge in [0, 0.05) is 23.1 Å². The first-order chi connectivity index (χ1) is 19.1. The van der Waals surface area contributed by atoms with Crippen LogP contribution < -0.4 is 10.5 Å². The van der Waals surface area contributed by atoms with Gasteiger partial charge in [-0.3, -0.25) is 4.79 Å². The molecule has 4 aromatic rings. The Balaban J connectivity index is 0.00000100. The average molecular weight is 530 g/mol. The summed E-state index contributed by atoms with van der Waals surface area (Å²) in [4.78, 5) is 12.2. The van der Waals surface area contributed by atoms with Crippen LogP contribution >= 0.6 is 0 Å². The molecule has 5 heteroatoms. The third-order valence-electron chi connectivity index (χ3n) is 6.47. The van der Waals surface area contributed by atoms with Gasteiger partial charge in [-0.25, -0.2) is 0 Å². The van der Waals surface area contributed by atoms with Gasteiger partial charge in [0.25, 0.3) is 0 Å². The van der Waals surface area contributed by atoms with E-state index in [2.05, 4.69) is 36.4 Å². The number of hydrogen-bond donors (Lipinski definition) is 1. The Kier molecular flexibility index (Phi) is 11.6. The van der Waals surface area contributed by atoms with Crippen molar-refractivity contribution in [1.29, 1.82) is 0 Å². The van der Waals surface area contributed by atoms with E-state index in [0.29, 0.717) is 19.8 Å². The summed E-state index contributed by atoms with van der Waals surface area (Å²) in [6.07, 6.45) is 5.55. The van der Waals surface area contributed by atoms with E-state index in [1.165, 1.54) is 18.4 Å². The smallest absolute Gasteiger partial charge is 0.310 e. The highest BCUT2D eigenvalue weighted by molar-refractivity contribution is 5.93. The van der Waals surface area contributed by atoms with E-state index >= 15 is 0 Å². The van der Waals surface area contributed by atoms with Crippen molar-refractivity contribution in [3.05, 3.63) is 89.2 Å². The molecule has 0 amide bonds. The Bertz CT molecular complexity index is 1340. The number of benzene rings is 3. The molecule has 208 valence electrons. The molecule has 39 heavy (non-hydrogen) atoms. The van der Waals surface area contributed by atoms with Gasteiger partial charge in [-0.05, 0) is 84.7 Å². The summed E-state index contributed by atoms with van der Waals surface area (Å²) in [7, 11) is 0. The highest BCUT2D eigenvalue weighted by Crippen LogP contribution is 2.35. The van der Waals surface area contributed by atoms with Gasteiger partial charge in [-0.1, -0.05) is 58.0 Å². The first-order valence-corrected chi connectivity index (χ1v) is 14.3. The molecule has 1 aromatic heterocycles. The Morgan fingerprint density at radius 1 is 0.949 bits per heavy atom. The zero-order valence-corrected chi connectivity index (χ0v) is 24.1. The van der Waals surface area contributed by atoms with Crippen molar-refractivity contribution in [2.24, 2.45) is 11.7 Å². The van der Waals surface area contributed by atoms with Gasteiger partial charge in [-0.15, -0.1) is 0 Å². The summed E-state index contributed by atoms with van der Waals surface area (Å²) < 4.78 is 17.3. The van der Waals surface area contributed by atoms with Crippen molar-refractivity contribution < 1.29 is 18.7 Å². The van der Waals surface area contributed by atoms with Crippen LogP contribution in [-0.2, 0) is 35.5 Å². The lowest BCUT2D eigenvalue weighted by atomic mass is 9.99. The molecule has 0 spiro atoms. The van der Waals surface area contributed by atoms with Crippen LogP contribution in [0.5, 0.6) is 5.75 Å². The van der Waals surface area contributed by atoms with Gasteiger partial charge in [0.05, 0.1) is 19.3 Å². The maximum Gasteiger partial charge on any atom is 0.310 e. The Labute approximate surface area is 233 Å². The number of rotatable bonds is 10. The van der Waals surface area contributed by atoms with Crippen molar-refractivity contribution in [2.75, 3.05) is 6.61 Å². The Morgan fingerprint density at radius 3 is 2.46 bits per heavy atom.